The Morgan fingerprint density at radius 2 is 1.93 bits per heavy atom. The highest BCUT2D eigenvalue weighted by Crippen LogP contribution is 2.25. The average Bonchev–Trinajstić information content (AvgIpc) is 2.03. The van der Waals surface area contributed by atoms with Crippen LogP contribution >= 0.6 is 0 Å². The third-order valence-corrected chi connectivity index (χ3v) is 2.45. The summed E-state index contributed by atoms with van der Waals surface area (Å²) in [6.45, 7) is 0. The van der Waals surface area contributed by atoms with E-state index in [4.69, 9.17) is 0 Å². The van der Waals surface area contributed by atoms with E-state index in [-0.39, 0.29) is 12.1 Å². The maximum Gasteiger partial charge on any atom is 0.518 e. The van der Waals surface area contributed by atoms with Crippen LogP contribution in [0.4, 0.5) is 13.2 Å². The highest BCUT2D eigenvalue weighted by atomic mass is 32.2. The van der Waals surface area contributed by atoms with E-state index in [1.165, 1.54) is 18.2 Å². The lowest BCUT2D eigenvalue weighted by molar-refractivity contribution is -0.0435. The van der Waals surface area contributed by atoms with Gasteiger partial charge in [-0.2, -0.15) is 26.0 Å². The van der Waals surface area contributed by atoms with Crippen LogP contribution in [0, 0.1) is 0 Å². The molecular weight excluding hydrogens is 219 g/mol. The molecule has 14 heavy (non-hydrogen) atoms. The molecule has 78 valence electrons. The van der Waals surface area contributed by atoms with Gasteiger partial charge in [-0.3, -0.25) is 0 Å². The molecule has 0 unspecified atom stereocenters. The molecular formula is C7H6F3NO2S. The molecule has 0 saturated heterocycles. The Bertz CT molecular complexity index is 403. The fraction of sp³-hybridized carbons (Fsp3) is 0.286. The summed E-state index contributed by atoms with van der Waals surface area (Å²) in [6, 6.07) is 0. The minimum Gasteiger partial charge on any atom is -0.195 e. The molecule has 7 heteroatoms. The van der Waals surface area contributed by atoms with Gasteiger partial charge >= 0.3 is 15.5 Å². The maximum absolute atomic E-state index is 11.9. The molecule has 0 aromatic carbocycles. The van der Waals surface area contributed by atoms with E-state index < -0.39 is 15.5 Å². The topological polar surface area (TPSA) is 46.5 Å². The molecule has 0 aromatic heterocycles. The second kappa shape index (κ2) is 3.56. The van der Waals surface area contributed by atoms with Crippen LogP contribution in [0.2, 0.25) is 0 Å². The molecule has 0 atom stereocenters. The second-order valence-electron chi connectivity index (χ2n) is 2.49. The number of halogens is 3. The maximum atomic E-state index is 11.9. The van der Waals surface area contributed by atoms with Crippen molar-refractivity contribution in [2.45, 2.75) is 11.9 Å². The van der Waals surface area contributed by atoms with Crippen molar-refractivity contribution in [1.82, 2.24) is 0 Å². The summed E-state index contributed by atoms with van der Waals surface area (Å²) in [5.74, 6) is 0. The fourth-order valence-corrected chi connectivity index (χ4v) is 1.32. The van der Waals surface area contributed by atoms with Gasteiger partial charge in [0.05, 0.1) is 5.71 Å². The van der Waals surface area contributed by atoms with Crippen LogP contribution in [0.5, 0.6) is 0 Å². The monoisotopic (exact) mass is 225 g/mol. The molecule has 0 saturated carbocycles. The predicted molar refractivity (Wildman–Crippen MR) is 45.3 cm³/mol. The molecule has 0 fully saturated rings. The van der Waals surface area contributed by atoms with Gasteiger partial charge in [0.25, 0.3) is 0 Å². The van der Waals surface area contributed by atoms with Crippen molar-refractivity contribution in [3.05, 3.63) is 24.3 Å². The van der Waals surface area contributed by atoms with Gasteiger partial charge in [0.1, 0.15) is 0 Å². The summed E-state index contributed by atoms with van der Waals surface area (Å²) in [7, 11) is -5.39. The summed E-state index contributed by atoms with van der Waals surface area (Å²) < 4.78 is 59.3. The van der Waals surface area contributed by atoms with E-state index in [2.05, 4.69) is 4.40 Å². The minimum absolute atomic E-state index is 0.0891. The lowest BCUT2D eigenvalue weighted by Crippen LogP contribution is -2.22. The van der Waals surface area contributed by atoms with Gasteiger partial charge in [0.15, 0.2) is 0 Å². The number of hydrogen-bond donors (Lipinski definition) is 0. The highest BCUT2D eigenvalue weighted by molar-refractivity contribution is 7.91. The number of alkyl halides is 3. The normalized spacial score (nSPS) is 20.4. The van der Waals surface area contributed by atoms with Gasteiger partial charge < -0.3 is 0 Å². The molecule has 1 aliphatic rings. The van der Waals surface area contributed by atoms with Crippen molar-refractivity contribution in [1.29, 1.82) is 0 Å². The van der Waals surface area contributed by atoms with Crippen LogP contribution in [0.3, 0.4) is 0 Å². The van der Waals surface area contributed by atoms with E-state index in [9.17, 15) is 21.6 Å². The fourth-order valence-electron chi connectivity index (χ4n) is 0.776. The van der Waals surface area contributed by atoms with Gasteiger partial charge in [-0.25, -0.2) is 0 Å². The standard InChI is InChI=1S/C7H6F3NO2S/c8-7(9,10)14(12,13)11-6-4-2-1-3-5-6/h1-4H,5H2. The van der Waals surface area contributed by atoms with E-state index in [1.54, 1.807) is 6.08 Å². The van der Waals surface area contributed by atoms with Gasteiger partial charge in [0, 0.05) is 6.42 Å². The number of allylic oxidation sites excluding steroid dienone is 4. The summed E-state index contributed by atoms with van der Waals surface area (Å²) in [4.78, 5) is 0. The lowest BCUT2D eigenvalue weighted by Gasteiger charge is -2.05. The quantitative estimate of drug-likeness (QED) is 0.683. The summed E-state index contributed by atoms with van der Waals surface area (Å²) in [6.07, 6.45) is 5.85. The summed E-state index contributed by atoms with van der Waals surface area (Å²) in [5.41, 5.74) is -5.44. The Kier molecular flexibility index (Phi) is 2.79. The Morgan fingerprint density at radius 3 is 2.36 bits per heavy atom. The van der Waals surface area contributed by atoms with Crippen LogP contribution in [-0.4, -0.2) is 19.6 Å². The van der Waals surface area contributed by atoms with Crippen LogP contribution in [0.15, 0.2) is 28.7 Å². The van der Waals surface area contributed by atoms with Crippen LogP contribution in [0.1, 0.15) is 6.42 Å². The second-order valence-corrected chi connectivity index (χ2v) is 4.09. The number of sulfonamides is 1. The molecule has 0 bridgehead atoms. The first-order valence-electron chi connectivity index (χ1n) is 3.56. The first kappa shape index (κ1) is 11.0. The Morgan fingerprint density at radius 1 is 1.29 bits per heavy atom. The van der Waals surface area contributed by atoms with Gasteiger partial charge in [-0.05, 0) is 6.08 Å². The molecule has 0 spiro atoms. The first-order chi connectivity index (χ1) is 6.33. The molecule has 0 radical (unpaired) electrons. The SMILES string of the molecule is O=S(=O)(N=C1C=CC=CC1)C(F)(F)F. The van der Waals surface area contributed by atoms with Crippen molar-refractivity contribution in [2.24, 2.45) is 4.40 Å². The van der Waals surface area contributed by atoms with Crippen LogP contribution < -0.4 is 0 Å². The zero-order valence-corrected chi connectivity index (χ0v) is 7.64. The third kappa shape index (κ3) is 2.44. The van der Waals surface area contributed by atoms with E-state index in [0.29, 0.717) is 0 Å². The molecule has 1 aliphatic carbocycles. The molecule has 0 N–H and O–H groups in total. The summed E-state index contributed by atoms with van der Waals surface area (Å²) in [5, 5.41) is 0. The average molecular weight is 225 g/mol. The highest BCUT2D eigenvalue weighted by Gasteiger charge is 2.46. The first-order valence-corrected chi connectivity index (χ1v) is 5.00. The van der Waals surface area contributed by atoms with Crippen molar-refractivity contribution in [2.75, 3.05) is 0 Å². The lowest BCUT2D eigenvalue weighted by atomic mass is 10.2. The summed E-state index contributed by atoms with van der Waals surface area (Å²) >= 11 is 0. The Balaban J connectivity index is 2.98. The van der Waals surface area contributed by atoms with Crippen molar-refractivity contribution in [3.63, 3.8) is 0 Å². The molecule has 0 heterocycles. The van der Waals surface area contributed by atoms with E-state index in [0.717, 1.165) is 0 Å². The number of hydrogen-bond acceptors (Lipinski definition) is 2. The Labute approximate surface area is 78.7 Å². The van der Waals surface area contributed by atoms with Crippen molar-refractivity contribution < 1.29 is 21.6 Å². The van der Waals surface area contributed by atoms with Gasteiger partial charge in [0.2, 0.25) is 0 Å². The van der Waals surface area contributed by atoms with Crippen LogP contribution in [-0.2, 0) is 10.0 Å². The molecule has 1 rings (SSSR count). The molecule has 0 aromatic rings. The van der Waals surface area contributed by atoms with E-state index in [1.807, 2.05) is 0 Å². The number of rotatable bonds is 1. The number of nitrogens with zero attached hydrogens (tertiary/aromatic N) is 1. The molecule has 0 amide bonds. The third-order valence-electron chi connectivity index (χ3n) is 1.39. The molecule has 0 aliphatic heterocycles. The van der Waals surface area contributed by atoms with Gasteiger partial charge in [-0.15, -0.1) is 0 Å². The van der Waals surface area contributed by atoms with Crippen molar-refractivity contribution in [3.8, 4) is 0 Å². The predicted octanol–water partition coefficient (Wildman–Crippen LogP) is 1.79. The van der Waals surface area contributed by atoms with Crippen LogP contribution in [0.25, 0.3) is 0 Å². The van der Waals surface area contributed by atoms with Gasteiger partial charge in [-0.1, -0.05) is 18.2 Å². The zero-order valence-electron chi connectivity index (χ0n) is 6.82. The molecule has 3 nitrogen and oxygen atoms in total. The Hall–Kier alpha value is -1.11. The van der Waals surface area contributed by atoms with E-state index >= 15 is 0 Å². The largest absolute Gasteiger partial charge is 0.518 e. The zero-order chi connectivity index (χ0) is 10.8. The van der Waals surface area contributed by atoms with Crippen molar-refractivity contribution >= 4 is 15.7 Å². The smallest absolute Gasteiger partial charge is 0.195 e. The minimum atomic E-state index is -5.39.